The lowest BCUT2D eigenvalue weighted by Crippen LogP contribution is -2.57. The molecule has 3 saturated heterocycles. The number of rotatable bonds is 12. The topological polar surface area (TPSA) is 118 Å². The molecule has 2 unspecified atom stereocenters. The number of aromatic nitrogens is 2. The van der Waals surface area contributed by atoms with E-state index in [0.29, 0.717) is 64.1 Å². The summed E-state index contributed by atoms with van der Waals surface area (Å²) in [4.78, 5) is 49.6. The summed E-state index contributed by atoms with van der Waals surface area (Å²) in [5.41, 5.74) is 4.83. The Hall–Kier alpha value is -6.81. The van der Waals surface area contributed by atoms with Crippen molar-refractivity contribution in [1.82, 2.24) is 24.7 Å². The molecule has 12 heteroatoms. The zero-order chi connectivity index (χ0) is 47.0. The van der Waals surface area contributed by atoms with Gasteiger partial charge in [0.05, 0.1) is 41.7 Å². The number of piperazine rings is 1. The molecule has 0 aliphatic carbocycles. The Bertz CT molecular complexity index is 2730. The Morgan fingerprint density at radius 1 is 0.765 bits per heavy atom. The van der Waals surface area contributed by atoms with E-state index in [9.17, 15) is 10.1 Å². The minimum Gasteiger partial charge on any atom is -0.462 e. The van der Waals surface area contributed by atoms with Crippen LogP contribution in [0.25, 0.3) is 10.8 Å². The number of nitrogens with zero attached hydrogens (tertiary/aromatic N) is 8. The van der Waals surface area contributed by atoms with Gasteiger partial charge in [0, 0.05) is 61.5 Å². The van der Waals surface area contributed by atoms with Crippen LogP contribution < -0.4 is 19.3 Å². The van der Waals surface area contributed by atoms with Gasteiger partial charge >= 0.3 is 12.0 Å². The van der Waals surface area contributed by atoms with Gasteiger partial charge in [-0.05, 0) is 81.8 Å². The summed E-state index contributed by atoms with van der Waals surface area (Å²) in [5.74, 6) is 1.07. The molecule has 6 aromatic rings. The number of esters is 1. The molecule has 4 atom stereocenters. The summed E-state index contributed by atoms with van der Waals surface area (Å²) in [7, 11) is 2.14. The number of hydrogen-bond donors (Lipinski definition) is 0. The number of anilines is 2. The standard InChI is InChI=1S/C56H60N8O4/c1-55(2,3)53(66)68-45-33-39-17-14-15-25-46(39)49(34-45)61-30-27-47-48(36-61)58-54(67-38-44-24-16-29-60(44)4)59-51(47)62-31-32-63(43(35-62)26-28-57)52(65)50-37-64(50)56(40-18-8-5-9-19-40,41-20-10-6-11-21-41)42-22-12-7-13-23-42/h5-15,17-23,25,33-34,43-44,50H,16,24,26-27,29-32,35-38H2,1-4H3/t43-,44-,50?,64?/m0/s1. The molecule has 348 valence electrons. The molecule has 12 nitrogen and oxygen atoms in total. The normalized spacial score (nSPS) is 20.7. The molecule has 4 aliphatic rings. The number of likely N-dealkylation sites (N-methyl/N-ethyl adjacent to an activating group) is 1. The summed E-state index contributed by atoms with van der Waals surface area (Å²) in [6.07, 6.45) is 3.04. The lowest BCUT2D eigenvalue weighted by Gasteiger charge is -2.43. The van der Waals surface area contributed by atoms with Crippen LogP contribution in [-0.4, -0.2) is 108 Å². The number of benzene rings is 5. The fourth-order valence-corrected chi connectivity index (χ4v) is 10.7. The van der Waals surface area contributed by atoms with E-state index in [1.165, 1.54) is 0 Å². The molecule has 5 heterocycles. The highest BCUT2D eigenvalue weighted by Gasteiger charge is 2.57. The van der Waals surface area contributed by atoms with Crippen LogP contribution >= 0.6 is 0 Å². The monoisotopic (exact) mass is 908 g/mol. The number of amides is 1. The Morgan fingerprint density at radius 3 is 2.06 bits per heavy atom. The average molecular weight is 909 g/mol. The molecule has 10 rings (SSSR count). The minimum atomic E-state index is -0.696. The van der Waals surface area contributed by atoms with Crippen LogP contribution in [0.5, 0.6) is 11.8 Å². The predicted molar refractivity (Wildman–Crippen MR) is 265 cm³/mol. The van der Waals surface area contributed by atoms with Crippen molar-refractivity contribution in [2.45, 2.75) is 76.7 Å². The highest BCUT2D eigenvalue weighted by Crippen LogP contribution is 2.49. The van der Waals surface area contributed by atoms with Crippen LogP contribution in [0, 0.1) is 16.7 Å². The zero-order valence-corrected chi connectivity index (χ0v) is 39.6. The first-order chi connectivity index (χ1) is 33.0. The first-order valence-corrected chi connectivity index (χ1v) is 24.1. The van der Waals surface area contributed by atoms with Gasteiger partial charge in [-0.25, -0.2) is 0 Å². The van der Waals surface area contributed by atoms with Crippen LogP contribution in [0.3, 0.4) is 0 Å². The second kappa shape index (κ2) is 18.7. The number of carbonyl (C=O) groups excluding carboxylic acids is 2. The number of fused-ring (bicyclic) bond motifs is 2. The van der Waals surface area contributed by atoms with Crippen molar-refractivity contribution in [2.75, 3.05) is 62.7 Å². The zero-order valence-electron chi connectivity index (χ0n) is 39.6. The second-order valence-electron chi connectivity index (χ2n) is 19.8. The van der Waals surface area contributed by atoms with Crippen molar-refractivity contribution in [3.8, 4) is 17.8 Å². The molecule has 1 aromatic heterocycles. The molecule has 68 heavy (non-hydrogen) atoms. The summed E-state index contributed by atoms with van der Waals surface area (Å²) in [5, 5.41) is 12.4. The van der Waals surface area contributed by atoms with Crippen molar-refractivity contribution in [2.24, 2.45) is 5.41 Å². The third kappa shape index (κ3) is 8.65. The maximum Gasteiger partial charge on any atom is 0.318 e. The van der Waals surface area contributed by atoms with E-state index in [1.807, 2.05) is 74.2 Å². The summed E-state index contributed by atoms with van der Waals surface area (Å²) in [6.45, 7) is 10.3. The Morgan fingerprint density at radius 2 is 1.43 bits per heavy atom. The maximum atomic E-state index is 15.0. The lowest BCUT2D eigenvalue weighted by atomic mass is 9.76. The van der Waals surface area contributed by atoms with E-state index < -0.39 is 11.0 Å². The van der Waals surface area contributed by atoms with Gasteiger partial charge in [0.15, 0.2) is 0 Å². The fraction of sp³-hybridized carbons (Fsp3) is 0.375. The van der Waals surface area contributed by atoms with Gasteiger partial charge in [-0.1, -0.05) is 115 Å². The van der Waals surface area contributed by atoms with Crippen molar-refractivity contribution < 1.29 is 19.1 Å². The third-order valence-corrected chi connectivity index (χ3v) is 14.4. The van der Waals surface area contributed by atoms with Crippen LogP contribution in [0.2, 0.25) is 0 Å². The number of likely N-dealkylation sites (tertiary alicyclic amines) is 1. The number of nitriles is 1. The summed E-state index contributed by atoms with van der Waals surface area (Å²) < 4.78 is 12.5. The SMILES string of the molecule is CN1CCC[C@H]1COc1nc2c(c(N3CCN(C(=O)C4CN4C(c4ccccc4)(c4ccccc4)c4ccccc4)[C@@H](CC#N)C3)n1)CCN(c1cc(OC(=O)C(C)(C)C)cc3ccccc13)C2. The van der Waals surface area contributed by atoms with Gasteiger partial charge in [-0.2, -0.15) is 15.2 Å². The van der Waals surface area contributed by atoms with Crippen LogP contribution in [-0.2, 0) is 28.1 Å². The molecule has 0 spiro atoms. The Balaban J connectivity index is 0.952. The average Bonchev–Trinajstić information content (AvgIpc) is 4.05. The molecular formula is C56H60N8O4. The first kappa shape index (κ1) is 45.0. The first-order valence-electron chi connectivity index (χ1n) is 24.1. The number of ether oxygens (including phenoxy) is 2. The van der Waals surface area contributed by atoms with Gasteiger partial charge in [-0.3, -0.25) is 14.5 Å². The van der Waals surface area contributed by atoms with Crippen LogP contribution in [0.15, 0.2) is 127 Å². The highest BCUT2D eigenvalue weighted by atomic mass is 16.5. The summed E-state index contributed by atoms with van der Waals surface area (Å²) in [6, 6.07) is 45.9. The van der Waals surface area contributed by atoms with E-state index in [2.05, 4.69) is 112 Å². The molecular weight excluding hydrogens is 849 g/mol. The third-order valence-electron chi connectivity index (χ3n) is 14.4. The van der Waals surface area contributed by atoms with E-state index in [-0.39, 0.29) is 36.4 Å². The predicted octanol–water partition coefficient (Wildman–Crippen LogP) is 8.22. The van der Waals surface area contributed by atoms with Crippen LogP contribution in [0.1, 0.15) is 68.0 Å². The molecule has 0 radical (unpaired) electrons. The van der Waals surface area contributed by atoms with Gasteiger partial charge in [0.2, 0.25) is 5.91 Å². The Kier molecular flexibility index (Phi) is 12.4. The molecule has 0 bridgehead atoms. The maximum absolute atomic E-state index is 15.0. The van der Waals surface area contributed by atoms with E-state index >= 15 is 4.79 Å². The molecule has 3 fully saturated rings. The molecule has 5 aromatic carbocycles. The van der Waals surface area contributed by atoms with Crippen molar-refractivity contribution in [3.63, 3.8) is 0 Å². The highest BCUT2D eigenvalue weighted by molar-refractivity contribution is 5.96. The fourth-order valence-electron chi connectivity index (χ4n) is 10.7. The van der Waals surface area contributed by atoms with E-state index in [4.69, 9.17) is 19.4 Å². The van der Waals surface area contributed by atoms with E-state index in [0.717, 1.165) is 69.6 Å². The van der Waals surface area contributed by atoms with E-state index in [1.54, 1.807) is 0 Å². The Labute approximate surface area is 399 Å². The molecule has 0 saturated carbocycles. The van der Waals surface area contributed by atoms with Crippen molar-refractivity contribution in [1.29, 1.82) is 5.26 Å². The van der Waals surface area contributed by atoms with Crippen LogP contribution in [0.4, 0.5) is 11.5 Å². The summed E-state index contributed by atoms with van der Waals surface area (Å²) >= 11 is 0. The van der Waals surface area contributed by atoms with Gasteiger partial charge < -0.3 is 29.1 Å². The number of hydrogen-bond acceptors (Lipinski definition) is 11. The largest absolute Gasteiger partial charge is 0.462 e. The van der Waals surface area contributed by atoms with Crippen molar-refractivity contribution >= 4 is 34.2 Å². The molecule has 4 aliphatic heterocycles. The second-order valence-corrected chi connectivity index (χ2v) is 19.8. The van der Waals surface area contributed by atoms with Gasteiger partial charge in [0.1, 0.15) is 24.2 Å². The van der Waals surface area contributed by atoms with Gasteiger partial charge in [-0.15, -0.1) is 0 Å². The molecule has 0 N–H and O–H groups in total. The van der Waals surface area contributed by atoms with Crippen molar-refractivity contribution in [3.05, 3.63) is 155 Å². The lowest BCUT2D eigenvalue weighted by molar-refractivity contribution is -0.143. The molecule has 1 amide bonds. The quantitative estimate of drug-likeness (QED) is 0.0512. The van der Waals surface area contributed by atoms with Gasteiger partial charge in [0.25, 0.3) is 0 Å². The smallest absolute Gasteiger partial charge is 0.318 e. The number of carbonyl (C=O) groups is 2. The minimum absolute atomic E-state index is 0.0461.